The Labute approximate surface area is 135 Å². The third-order valence-corrected chi connectivity index (χ3v) is 1.81. The van der Waals surface area contributed by atoms with Gasteiger partial charge in [-0.25, -0.2) is 0 Å². The number of hydrogen-bond acceptors (Lipinski definition) is 5. The molecule has 0 fully saturated rings. The van der Waals surface area contributed by atoms with Gasteiger partial charge in [0.1, 0.15) is 0 Å². The summed E-state index contributed by atoms with van der Waals surface area (Å²) < 4.78 is 0. The Morgan fingerprint density at radius 1 is 1.06 bits per heavy atom. The molecule has 5 nitrogen and oxygen atoms in total. The summed E-state index contributed by atoms with van der Waals surface area (Å²) in [5.74, 6) is -0.925. The molecule has 0 spiro atoms. The Balaban J connectivity index is -0.000000143. The first kappa shape index (κ1) is 27.1. The van der Waals surface area contributed by atoms with Crippen LogP contribution in [0.2, 0.25) is 0 Å². The number of unbranched alkanes of at least 4 members (excludes halogenated alkanes) is 2. The normalized spacial score (nSPS) is 9.22. The maximum absolute atomic E-state index is 10.0. The molecule has 0 aliphatic heterocycles. The van der Waals surface area contributed by atoms with E-state index in [1.807, 2.05) is 0 Å². The van der Waals surface area contributed by atoms with E-state index in [4.69, 9.17) is 15.1 Å². The fourth-order valence-electron chi connectivity index (χ4n) is 1.10. The maximum atomic E-state index is 10.0. The average molecular weight is 382 g/mol. The molecule has 0 heterocycles. The average Bonchev–Trinajstić information content (AvgIpc) is 1.99. The molecule has 0 saturated heterocycles. The third-order valence-electron chi connectivity index (χ3n) is 1.81. The van der Waals surface area contributed by atoms with Crippen LogP contribution < -0.4 is 20.2 Å². The quantitative estimate of drug-likeness (QED) is 0.396. The summed E-state index contributed by atoms with van der Waals surface area (Å²) in [7, 11) is -2.92. The Morgan fingerprint density at radius 2 is 1.44 bits per heavy atom. The van der Waals surface area contributed by atoms with E-state index in [0.29, 0.717) is 5.41 Å². The first-order chi connectivity index (χ1) is 7.15. The third kappa shape index (κ3) is 43.8. The summed E-state index contributed by atoms with van der Waals surface area (Å²) >= 11 is 0. The predicted octanol–water partition coefficient (Wildman–Crippen LogP) is -2.22. The van der Waals surface area contributed by atoms with Gasteiger partial charge in [0.15, 0.2) is 0 Å². The molecule has 0 aliphatic rings. The van der Waals surface area contributed by atoms with Gasteiger partial charge in [0, 0.05) is 5.97 Å². The van der Waals surface area contributed by atoms with Crippen LogP contribution in [-0.4, -0.2) is 13.3 Å². The predicted molar refractivity (Wildman–Crippen MR) is 53.3 cm³/mol. The van der Waals surface area contributed by atoms with Crippen molar-refractivity contribution in [1.82, 2.24) is 0 Å². The van der Waals surface area contributed by atoms with Crippen molar-refractivity contribution >= 4 is 13.3 Å². The Bertz CT molecular complexity index is 185. The van der Waals surface area contributed by atoms with E-state index in [2.05, 4.69) is 20.8 Å². The minimum Gasteiger partial charge on any atom is -0.907 e. The molecule has 0 aromatic rings. The van der Waals surface area contributed by atoms with Crippen LogP contribution in [0.15, 0.2) is 0 Å². The molecule has 18 heavy (non-hydrogen) atoms. The van der Waals surface area contributed by atoms with Gasteiger partial charge in [0.05, 0.1) is 0 Å². The topological polar surface area (TPSA) is 109 Å². The smallest absolute Gasteiger partial charge is 0.907 e. The summed E-state index contributed by atoms with van der Waals surface area (Å²) in [5, 5.41) is 35.3. The zero-order valence-corrected chi connectivity index (χ0v) is 14.1. The second-order valence-electron chi connectivity index (χ2n) is 4.78. The summed E-state index contributed by atoms with van der Waals surface area (Å²) in [6.45, 7) is 6.60. The zero-order valence-electron chi connectivity index (χ0n) is 10.9. The second kappa shape index (κ2) is 15.7. The number of aliphatic carboxylic acids is 1. The fraction of sp³-hybridized carbons (Fsp3) is 0.900. The van der Waals surface area contributed by atoms with Crippen LogP contribution in [-0.2, 0) is 43.7 Å². The largest absolute Gasteiger partial charge is 2.00 e. The molecule has 0 unspecified atom stereocenters. The summed E-state index contributed by atoms with van der Waals surface area (Å²) in [6, 6.07) is 0. The maximum Gasteiger partial charge on any atom is 2.00 e. The molecule has 1 radical (unpaired) electrons. The molecule has 0 aromatic heterocycles. The van der Waals surface area contributed by atoms with Gasteiger partial charge in [-0.1, -0.05) is 33.6 Å². The molecule has 0 amide bonds. The number of carboxylic acids is 1. The number of carbonyl (C=O) groups excluding carboxylic acids is 1. The molecular formula is C10H19BNbNiO5. The van der Waals surface area contributed by atoms with Gasteiger partial charge in [0.25, 0.3) is 0 Å². The van der Waals surface area contributed by atoms with E-state index in [9.17, 15) is 9.90 Å². The van der Waals surface area contributed by atoms with E-state index in [1.54, 1.807) is 0 Å². The molecular weight excluding hydrogens is 363 g/mol. The van der Waals surface area contributed by atoms with Gasteiger partial charge in [-0.05, 0) is 24.7 Å². The van der Waals surface area contributed by atoms with Crippen molar-refractivity contribution < 1.29 is 63.8 Å². The first-order valence-electron chi connectivity index (χ1n) is 5.32. The van der Waals surface area contributed by atoms with E-state index >= 15 is 0 Å². The van der Waals surface area contributed by atoms with Gasteiger partial charge in [0.2, 0.25) is 0 Å². The molecule has 0 bridgehead atoms. The molecule has 0 N–H and O–H groups in total. The van der Waals surface area contributed by atoms with E-state index < -0.39 is 13.3 Å². The zero-order chi connectivity index (χ0) is 13.2. The van der Waals surface area contributed by atoms with Crippen molar-refractivity contribution in [2.75, 3.05) is 0 Å². The van der Waals surface area contributed by atoms with E-state index in [-0.39, 0.29) is 45.3 Å². The SMILES string of the molecule is CC(C)(C)CCCCCC(=O)[O-].[Nb+2].[Ni+2].[O-]B([O-])[O-]. The van der Waals surface area contributed by atoms with Gasteiger partial charge in [-0.3, -0.25) is 7.32 Å². The van der Waals surface area contributed by atoms with Crippen molar-refractivity contribution in [3.8, 4) is 0 Å². The van der Waals surface area contributed by atoms with Gasteiger partial charge in [-0.15, -0.1) is 0 Å². The number of hydrogen-bond donors (Lipinski definition) is 0. The monoisotopic (exact) mass is 381 g/mol. The molecule has 0 atom stereocenters. The first-order valence-corrected chi connectivity index (χ1v) is 5.32. The molecule has 0 saturated carbocycles. The second-order valence-corrected chi connectivity index (χ2v) is 4.78. The summed E-state index contributed by atoms with van der Waals surface area (Å²) in [6.07, 6.45) is 4.27. The van der Waals surface area contributed by atoms with Gasteiger partial charge in [-0.2, -0.15) is 0 Å². The molecule has 0 aromatic carbocycles. The van der Waals surface area contributed by atoms with Crippen LogP contribution in [0.5, 0.6) is 0 Å². The minimum absolute atomic E-state index is 0. The number of rotatable bonds is 5. The summed E-state index contributed by atoms with van der Waals surface area (Å²) in [5.41, 5.74) is 0.376. The van der Waals surface area contributed by atoms with Crippen LogP contribution in [0.4, 0.5) is 0 Å². The van der Waals surface area contributed by atoms with Crippen molar-refractivity contribution in [1.29, 1.82) is 0 Å². The molecule has 0 rings (SSSR count). The Morgan fingerprint density at radius 3 is 1.72 bits per heavy atom. The molecule has 107 valence electrons. The van der Waals surface area contributed by atoms with Crippen molar-refractivity contribution in [3.63, 3.8) is 0 Å². The van der Waals surface area contributed by atoms with Crippen LogP contribution in [0.3, 0.4) is 0 Å². The standard InChI is InChI=1S/C10H20O2.BO3.Nb.Ni/c1-10(2,3)8-6-4-5-7-9(11)12;2-1(3)4;;/h4-8H2,1-3H3,(H,11,12);;;/q;-3;2*+2/p-1. The fourth-order valence-corrected chi connectivity index (χ4v) is 1.10. The van der Waals surface area contributed by atoms with Crippen molar-refractivity contribution in [2.45, 2.75) is 52.9 Å². The summed E-state index contributed by atoms with van der Waals surface area (Å²) in [4.78, 5) is 10.0. The van der Waals surface area contributed by atoms with Crippen LogP contribution >= 0.6 is 0 Å². The van der Waals surface area contributed by atoms with Crippen molar-refractivity contribution in [2.24, 2.45) is 5.41 Å². The molecule has 8 heteroatoms. The number of carbonyl (C=O) groups is 1. The van der Waals surface area contributed by atoms with Gasteiger partial charge < -0.3 is 25.0 Å². The van der Waals surface area contributed by atoms with E-state index in [0.717, 1.165) is 19.3 Å². The van der Waals surface area contributed by atoms with Crippen LogP contribution in [0, 0.1) is 5.41 Å². The van der Waals surface area contributed by atoms with E-state index in [1.165, 1.54) is 6.42 Å². The Hall–Kier alpha value is 0.649. The minimum atomic E-state index is -2.92. The van der Waals surface area contributed by atoms with Crippen LogP contribution in [0.25, 0.3) is 0 Å². The number of carboxylic acid groups (broad SMARTS) is 1. The van der Waals surface area contributed by atoms with Crippen molar-refractivity contribution in [3.05, 3.63) is 0 Å². The van der Waals surface area contributed by atoms with Crippen LogP contribution in [0.1, 0.15) is 52.9 Å². The van der Waals surface area contributed by atoms with Gasteiger partial charge >= 0.3 is 38.9 Å². The molecule has 0 aliphatic carbocycles. The Kier molecular flexibility index (Phi) is 23.6.